The summed E-state index contributed by atoms with van der Waals surface area (Å²) in [5.74, 6) is -0.108. The van der Waals surface area contributed by atoms with E-state index < -0.39 is 11.7 Å². The first-order valence-corrected chi connectivity index (χ1v) is 9.70. The summed E-state index contributed by atoms with van der Waals surface area (Å²) in [4.78, 5) is 30.7. The number of rotatable bonds is 5. The van der Waals surface area contributed by atoms with Crippen molar-refractivity contribution in [2.24, 2.45) is 0 Å². The molecule has 1 unspecified atom stereocenters. The van der Waals surface area contributed by atoms with Crippen LogP contribution in [0.1, 0.15) is 43.7 Å². The normalized spacial score (nSPS) is 12.4. The molecule has 1 heterocycles. The summed E-state index contributed by atoms with van der Waals surface area (Å²) in [6.45, 7) is 9.58. The van der Waals surface area contributed by atoms with Gasteiger partial charge in [0.25, 0.3) is 5.91 Å². The van der Waals surface area contributed by atoms with Crippen molar-refractivity contribution in [3.63, 3.8) is 0 Å². The van der Waals surface area contributed by atoms with Crippen LogP contribution in [0.3, 0.4) is 0 Å². The second-order valence-electron chi connectivity index (χ2n) is 7.61. The van der Waals surface area contributed by atoms with E-state index in [-0.39, 0.29) is 11.9 Å². The maximum atomic E-state index is 12.7. The highest BCUT2D eigenvalue weighted by molar-refractivity contribution is 7.13. The van der Waals surface area contributed by atoms with Crippen LogP contribution in [0.5, 0.6) is 0 Å². The Morgan fingerprint density at radius 1 is 1.33 bits per heavy atom. The smallest absolute Gasteiger partial charge is 0.407 e. The Morgan fingerprint density at radius 3 is 2.63 bits per heavy atom. The molecule has 0 bridgehead atoms. The maximum Gasteiger partial charge on any atom is 0.407 e. The quantitative estimate of drug-likeness (QED) is 0.835. The summed E-state index contributed by atoms with van der Waals surface area (Å²) in [5.41, 5.74) is 1.92. The van der Waals surface area contributed by atoms with E-state index in [4.69, 9.17) is 4.74 Å². The molecule has 2 rings (SSSR count). The zero-order chi connectivity index (χ0) is 20.2. The Bertz CT molecular complexity index is 811. The lowest BCUT2D eigenvalue weighted by Gasteiger charge is -2.25. The molecule has 6 nitrogen and oxygen atoms in total. The summed E-state index contributed by atoms with van der Waals surface area (Å²) < 4.78 is 5.24. The molecule has 0 saturated carbocycles. The van der Waals surface area contributed by atoms with Crippen LogP contribution in [0, 0.1) is 6.92 Å². The van der Waals surface area contributed by atoms with E-state index in [1.807, 2.05) is 58.2 Å². The highest BCUT2D eigenvalue weighted by Crippen LogP contribution is 2.24. The fourth-order valence-corrected chi connectivity index (χ4v) is 3.33. The van der Waals surface area contributed by atoms with E-state index >= 15 is 0 Å². The molecule has 1 aromatic carbocycles. The summed E-state index contributed by atoms with van der Waals surface area (Å²) in [5, 5.41) is 5.63. The van der Waals surface area contributed by atoms with Gasteiger partial charge in [0.1, 0.15) is 10.6 Å². The third-order valence-corrected chi connectivity index (χ3v) is 4.64. The van der Waals surface area contributed by atoms with Crippen LogP contribution < -0.4 is 5.32 Å². The number of amides is 2. The average Bonchev–Trinajstić information content (AvgIpc) is 2.98. The van der Waals surface area contributed by atoms with Crippen LogP contribution >= 0.6 is 11.3 Å². The van der Waals surface area contributed by atoms with E-state index in [1.54, 1.807) is 29.4 Å². The minimum Gasteiger partial charge on any atom is -0.444 e. The van der Waals surface area contributed by atoms with Crippen LogP contribution in [-0.2, 0) is 4.74 Å². The first kappa shape index (κ1) is 20.9. The molecular weight excluding hydrogens is 362 g/mol. The second-order valence-corrected chi connectivity index (χ2v) is 8.47. The number of likely N-dealkylation sites (N-methyl/N-ethyl adjacent to an activating group) is 1. The number of hydrogen-bond donors (Lipinski definition) is 1. The minimum absolute atomic E-state index is 0.108. The van der Waals surface area contributed by atoms with Crippen molar-refractivity contribution in [3.05, 3.63) is 40.9 Å². The lowest BCUT2D eigenvalue weighted by Crippen LogP contribution is -2.44. The van der Waals surface area contributed by atoms with Crippen LogP contribution in [-0.4, -0.2) is 47.1 Å². The highest BCUT2D eigenvalue weighted by atomic mass is 32.1. The number of thiazole rings is 1. The standard InChI is InChI=1S/C20H27N3O3S/c1-13(22-19(25)26-20(3,4)5)11-23(6)18(24)16-9-7-8-15(10-16)17-21-14(2)12-27-17/h7-10,12-13H,11H2,1-6H3,(H,22,25). The molecule has 0 aliphatic carbocycles. The predicted octanol–water partition coefficient (Wildman–Crippen LogP) is 4.10. The molecule has 1 N–H and O–H groups in total. The van der Waals surface area contributed by atoms with Gasteiger partial charge in [-0.1, -0.05) is 12.1 Å². The van der Waals surface area contributed by atoms with E-state index in [1.165, 1.54) is 0 Å². The van der Waals surface area contributed by atoms with Gasteiger partial charge in [-0.25, -0.2) is 9.78 Å². The number of carbonyl (C=O) groups is 2. The first-order valence-electron chi connectivity index (χ1n) is 8.82. The van der Waals surface area contributed by atoms with Crippen molar-refractivity contribution in [2.75, 3.05) is 13.6 Å². The zero-order valence-electron chi connectivity index (χ0n) is 16.7. The number of hydrogen-bond acceptors (Lipinski definition) is 5. The lowest BCUT2D eigenvalue weighted by atomic mass is 10.1. The number of benzene rings is 1. The van der Waals surface area contributed by atoms with Gasteiger partial charge in [-0.15, -0.1) is 11.3 Å². The van der Waals surface area contributed by atoms with Crippen molar-refractivity contribution in [1.82, 2.24) is 15.2 Å². The van der Waals surface area contributed by atoms with E-state index in [9.17, 15) is 9.59 Å². The third-order valence-electron chi connectivity index (χ3n) is 3.63. The van der Waals surface area contributed by atoms with E-state index in [0.29, 0.717) is 12.1 Å². The Kier molecular flexibility index (Phi) is 6.59. The fraction of sp³-hybridized carbons (Fsp3) is 0.450. The molecule has 0 aliphatic heterocycles. The monoisotopic (exact) mass is 389 g/mol. The molecule has 2 amide bonds. The zero-order valence-corrected chi connectivity index (χ0v) is 17.5. The number of nitrogens with one attached hydrogen (secondary N) is 1. The molecule has 1 aromatic heterocycles. The molecule has 0 fully saturated rings. The van der Waals surface area contributed by atoms with Gasteiger partial charge in [0.05, 0.1) is 0 Å². The van der Waals surface area contributed by atoms with Gasteiger partial charge < -0.3 is 15.0 Å². The number of aromatic nitrogens is 1. The summed E-state index contributed by atoms with van der Waals surface area (Å²) in [6, 6.07) is 7.20. The third kappa shape index (κ3) is 6.36. The van der Waals surface area contributed by atoms with Gasteiger partial charge in [0.15, 0.2) is 0 Å². The van der Waals surface area contributed by atoms with Gasteiger partial charge in [-0.05, 0) is 46.8 Å². The average molecular weight is 390 g/mol. The first-order chi connectivity index (χ1) is 12.5. The SMILES string of the molecule is Cc1csc(-c2cccc(C(=O)N(C)CC(C)NC(=O)OC(C)(C)C)c2)n1. The maximum absolute atomic E-state index is 12.7. The van der Waals surface area contributed by atoms with Gasteiger partial charge in [-0.2, -0.15) is 0 Å². The molecule has 2 aromatic rings. The largest absolute Gasteiger partial charge is 0.444 e. The summed E-state index contributed by atoms with van der Waals surface area (Å²) >= 11 is 1.56. The molecule has 0 spiro atoms. The Morgan fingerprint density at radius 2 is 2.04 bits per heavy atom. The topological polar surface area (TPSA) is 71.5 Å². The highest BCUT2D eigenvalue weighted by Gasteiger charge is 2.20. The van der Waals surface area contributed by atoms with Crippen molar-refractivity contribution in [1.29, 1.82) is 0 Å². The summed E-state index contributed by atoms with van der Waals surface area (Å²) in [7, 11) is 1.72. The summed E-state index contributed by atoms with van der Waals surface area (Å²) in [6.07, 6.45) is -0.489. The van der Waals surface area contributed by atoms with Gasteiger partial charge >= 0.3 is 6.09 Å². The molecular formula is C20H27N3O3S. The van der Waals surface area contributed by atoms with Crippen molar-refractivity contribution in [3.8, 4) is 10.6 Å². The molecule has 0 aliphatic rings. The Balaban J connectivity index is 1.99. The number of nitrogens with zero attached hydrogens (tertiary/aromatic N) is 2. The predicted molar refractivity (Wildman–Crippen MR) is 108 cm³/mol. The van der Waals surface area contributed by atoms with Gasteiger partial charge in [0.2, 0.25) is 0 Å². The Labute approximate surface area is 164 Å². The van der Waals surface area contributed by atoms with Gasteiger partial charge in [0, 0.05) is 41.8 Å². The fourth-order valence-electron chi connectivity index (χ4n) is 2.54. The van der Waals surface area contributed by atoms with Crippen LogP contribution in [0.25, 0.3) is 10.6 Å². The van der Waals surface area contributed by atoms with Crippen molar-refractivity contribution < 1.29 is 14.3 Å². The molecule has 0 radical (unpaired) electrons. The van der Waals surface area contributed by atoms with E-state index in [0.717, 1.165) is 16.3 Å². The minimum atomic E-state index is -0.555. The van der Waals surface area contributed by atoms with Crippen molar-refractivity contribution in [2.45, 2.75) is 46.3 Å². The molecule has 0 saturated heterocycles. The Hall–Kier alpha value is -2.41. The van der Waals surface area contributed by atoms with E-state index in [2.05, 4.69) is 10.3 Å². The van der Waals surface area contributed by atoms with Crippen LogP contribution in [0.15, 0.2) is 29.6 Å². The molecule has 1 atom stereocenters. The number of aryl methyl sites for hydroxylation is 1. The molecule has 27 heavy (non-hydrogen) atoms. The number of carbonyl (C=O) groups excluding carboxylic acids is 2. The van der Waals surface area contributed by atoms with Crippen LogP contribution in [0.2, 0.25) is 0 Å². The molecule has 7 heteroatoms. The number of ether oxygens (including phenoxy) is 1. The number of alkyl carbamates (subject to hydrolysis) is 1. The molecule has 146 valence electrons. The van der Waals surface area contributed by atoms with Crippen molar-refractivity contribution >= 4 is 23.3 Å². The van der Waals surface area contributed by atoms with Crippen LogP contribution in [0.4, 0.5) is 4.79 Å². The van der Waals surface area contributed by atoms with Gasteiger partial charge in [-0.3, -0.25) is 4.79 Å². The lowest BCUT2D eigenvalue weighted by molar-refractivity contribution is 0.0491. The second kappa shape index (κ2) is 8.52.